The summed E-state index contributed by atoms with van der Waals surface area (Å²) in [6.45, 7) is 2.39. The molecule has 0 spiro atoms. The molecule has 1 unspecified atom stereocenters. The molecule has 1 saturated heterocycles. The summed E-state index contributed by atoms with van der Waals surface area (Å²) in [5, 5.41) is 5.38. The first-order chi connectivity index (χ1) is 11.7. The van der Waals surface area contributed by atoms with Gasteiger partial charge >= 0.3 is 0 Å². The number of benzene rings is 1. The van der Waals surface area contributed by atoms with Gasteiger partial charge in [0, 0.05) is 17.5 Å². The molecule has 1 aromatic heterocycles. The number of thiophene rings is 1. The molecule has 1 amide bonds. The summed E-state index contributed by atoms with van der Waals surface area (Å²) in [6, 6.07) is 9.95. The van der Waals surface area contributed by atoms with Gasteiger partial charge < -0.3 is 15.0 Å². The van der Waals surface area contributed by atoms with Crippen molar-refractivity contribution < 1.29 is 13.9 Å². The number of carbonyl (C=O) groups excluding carboxylic acids is 1. The van der Waals surface area contributed by atoms with Crippen LogP contribution in [-0.2, 0) is 11.3 Å². The molecule has 1 atom stereocenters. The van der Waals surface area contributed by atoms with Gasteiger partial charge in [-0.05, 0) is 55.1 Å². The second-order valence-corrected chi connectivity index (χ2v) is 6.88. The number of rotatable bonds is 6. The molecule has 0 saturated carbocycles. The minimum Gasteiger partial charge on any atom is -0.484 e. The largest absolute Gasteiger partial charge is 0.484 e. The van der Waals surface area contributed by atoms with E-state index in [0.29, 0.717) is 12.3 Å². The van der Waals surface area contributed by atoms with Crippen molar-refractivity contribution in [1.29, 1.82) is 0 Å². The van der Waals surface area contributed by atoms with Crippen molar-refractivity contribution in [1.82, 2.24) is 10.2 Å². The Morgan fingerprint density at radius 1 is 1.33 bits per heavy atom. The predicted molar refractivity (Wildman–Crippen MR) is 92.7 cm³/mol. The fraction of sp³-hybridized carbons (Fsp3) is 0.389. The normalized spacial score (nSPS) is 17.5. The first kappa shape index (κ1) is 16.9. The van der Waals surface area contributed by atoms with Crippen LogP contribution in [-0.4, -0.2) is 36.5 Å². The molecule has 1 aliphatic rings. The summed E-state index contributed by atoms with van der Waals surface area (Å²) in [6.07, 6.45) is 2.07. The Morgan fingerprint density at radius 3 is 2.83 bits per heavy atom. The Labute approximate surface area is 145 Å². The lowest BCUT2D eigenvalue weighted by molar-refractivity contribution is -0.136. The lowest BCUT2D eigenvalue weighted by Gasteiger charge is -2.34. The fourth-order valence-electron chi connectivity index (χ4n) is 2.85. The maximum Gasteiger partial charge on any atom is 0.261 e. The highest BCUT2D eigenvalue weighted by Gasteiger charge is 2.26. The summed E-state index contributed by atoms with van der Waals surface area (Å²) >= 11 is 1.65. The summed E-state index contributed by atoms with van der Waals surface area (Å²) in [5.41, 5.74) is 0. The third-order valence-electron chi connectivity index (χ3n) is 4.11. The third kappa shape index (κ3) is 4.55. The SMILES string of the molecule is O=C(COc1ccc(F)cc1)N(Cc1cccs1)C1CCCNC1. The lowest BCUT2D eigenvalue weighted by Crippen LogP contribution is -2.49. The number of hydrogen-bond acceptors (Lipinski definition) is 4. The van der Waals surface area contributed by atoms with Crippen LogP contribution in [0.15, 0.2) is 41.8 Å². The topological polar surface area (TPSA) is 41.6 Å². The van der Waals surface area contributed by atoms with Crippen molar-refractivity contribution in [2.45, 2.75) is 25.4 Å². The summed E-state index contributed by atoms with van der Waals surface area (Å²) < 4.78 is 18.5. The van der Waals surface area contributed by atoms with Gasteiger partial charge in [0.2, 0.25) is 0 Å². The number of hydrogen-bond donors (Lipinski definition) is 1. The zero-order valence-corrected chi connectivity index (χ0v) is 14.2. The van der Waals surface area contributed by atoms with Gasteiger partial charge in [-0.25, -0.2) is 4.39 Å². The second kappa shape index (κ2) is 8.26. The van der Waals surface area contributed by atoms with Gasteiger partial charge in [-0.2, -0.15) is 0 Å². The number of piperidine rings is 1. The average Bonchev–Trinajstić information content (AvgIpc) is 3.13. The lowest BCUT2D eigenvalue weighted by atomic mass is 10.1. The van der Waals surface area contributed by atoms with E-state index in [0.717, 1.165) is 30.8 Å². The summed E-state index contributed by atoms with van der Waals surface area (Å²) in [7, 11) is 0. The van der Waals surface area contributed by atoms with E-state index in [2.05, 4.69) is 5.32 Å². The number of nitrogens with zero attached hydrogens (tertiary/aromatic N) is 1. The summed E-state index contributed by atoms with van der Waals surface area (Å²) in [4.78, 5) is 15.8. The molecule has 2 heterocycles. The van der Waals surface area contributed by atoms with Crippen LogP contribution in [0, 0.1) is 5.82 Å². The van der Waals surface area contributed by atoms with Crippen LogP contribution in [0.5, 0.6) is 5.75 Å². The molecule has 1 aliphatic heterocycles. The Balaban J connectivity index is 1.64. The summed E-state index contributed by atoms with van der Waals surface area (Å²) in [5.74, 6) is 0.144. The molecule has 6 heteroatoms. The van der Waals surface area contributed by atoms with E-state index < -0.39 is 0 Å². The first-order valence-electron chi connectivity index (χ1n) is 8.13. The van der Waals surface area contributed by atoms with E-state index >= 15 is 0 Å². The van der Waals surface area contributed by atoms with Gasteiger partial charge in [0.05, 0.1) is 6.54 Å². The van der Waals surface area contributed by atoms with E-state index in [-0.39, 0.29) is 24.4 Å². The van der Waals surface area contributed by atoms with Crippen molar-refractivity contribution in [2.24, 2.45) is 0 Å². The Kier molecular flexibility index (Phi) is 5.82. The van der Waals surface area contributed by atoms with Crippen LogP contribution in [0.4, 0.5) is 4.39 Å². The van der Waals surface area contributed by atoms with E-state index in [1.807, 2.05) is 22.4 Å². The van der Waals surface area contributed by atoms with E-state index in [4.69, 9.17) is 4.74 Å². The Bertz CT molecular complexity index is 640. The molecule has 2 aromatic rings. The van der Waals surface area contributed by atoms with Gasteiger partial charge in [0.1, 0.15) is 11.6 Å². The van der Waals surface area contributed by atoms with Gasteiger partial charge in [-0.1, -0.05) is 6.07 Å². The van der Waals surface area contributed by atoms with Crippen LogP contribution in [0.2, 0.25) is 0 Å². The predicted octanol–water partition coefficient (Wildman–Crippen LogP) is 3.05. The van der Waals surface area contributed by atoms with Gasteiger partial charge in [-0.15, -0.1) is 11.3 Å². The molecular formula is C18H21FN2O2S. The van der Waals surface area contributed by atoms with Gasteiger partial charge in [0.25, 0.3) is 5.91 Å². The number of amides is 1. The zero-order chi connectivity index (χ0) is 16.8. The Morgan fingerprint density at radius 2 is 2.17 bits per heavy atom. The minimum atomic E-state index is -0.318. The average molecular weight is 348 g/mol. The van der Waals surface area contributed by atoms with Crippen LogP contribution in [0.3, 0.4) is 0 Å². The molecular weight excluding hydrogens is 327 g/mol. The maximum atomic E-state index is 12.9. The fourth-order valence-corrected chi connectivity index (χ4v) is 3.55. The molecule has 0 radical (unpaired) electrons. The number of halogens is 1. The highest BCUT2D eigenvalue weighted by molar-refractivity contribution is 7.09. The highest BCUT2D eigenvalue weighted by Crippen LogP contribution is 2.19. The van der Waals surface area contributed by atoms with E-state index in [1.165, 1.54) is 24.3 Å². The molecule has 24 heavy (non-hydrogen) atoms. The molecule has 1 fully saturated rings. The highest BCUT2D eigenvalue weighted by atomic mass is 32.1. The quantitative estimate of drug-likeness (QED) is 0.872. The molecule has 1 N–H and O–H groups in total. The smallest absolute Gasteiger partial charge is 0.261 e. The van der Waals surface area contributed by atoms with Crippen LogP contribution in [0.1, 0.15) is 17.7 Å². The van der Waals surface area contributed by atoms with Crippen molar-refractivity contribution in [3.8, 4) is 5.75 Å². The molecule has 3 rings (SSSR count). The van der Waals surface area contributed by atoms with E-state index in [9.17, 15) is 9.18 Å². The van der Waals surface area contributed by atoms with Gasteiger partial charge in [0.15, 0.2) is 6.61 Å². The van der Waals surface area contributed by atoms with Crippen LogP contribution >= 0.6 is 11.3 Å². The zero-order valence-electron chi connectivity index (χ0n) is 13.4. The molecule has 128 valence electrons. The van der Waals surface area contributed by atoms with Crippen molar-refractivity contribution in [3.63, 3.8) is 0 Å². The van der Waals surface area contributed by atoms with Crippen molar-refractivity contribution in [2.75, 3.05) is 19.7 Å². The molecule has 4 nitrogen and oxygen atoms in total. The monoisotopic (exact) mass is 348 g/mol. The Hall–Kier alpha value is -1.92. The minimum absolute atomic E-state index is 0.0342. The maximum absolute atomic E-state index is 12.9. The van der Waals surface area contributed by atoms with Crippen LogP contribution in [0.25, 0.3) is 0 Å². The molecule has 0 aliphatic carbocycles. The number of nitrogens with one attached hydrogen (secondary N) is 1. The van der Waals surface area contributed by atoms with Crippen molar-refractivity contribution >= 4 is 17.2 Å². The number of ether oxygens (including phenoxy) is 1. The van der Waals surface area contributed by atoms with Crippen molar-refractivity contribution in [3.05, 3.63) is 52.5 Å². The molecule has 1 aromatic carbocycles. The number of carbonyl (C=O) groups is 1. The van der Waals surface area contributed by atoms with E-state index in [1.54, 1.807) is 11.3 Å². The van der Waals surface area contributed by atoms with Crippen LogP contribution < -0.4 is 10.1 Å². The standard InChI is InChI=1S/C18H21FN2O2S/c19-14-5-7-16(8-6-14)23-13-18(22)21(12-17-4-2-10-24-17)15-3-1-9-20-11-15/h2,4-8,10,15,20H,1,3,9,11-13H2. The molecule has 0 bridgehead atoms. The third-order valence-corrected chi connectivity index (χ3v) is 4.98. The first-order valence-corrected chi connectivity index (χ1v) is 9.01. The van der Waals surface area contributed by atoms with Gasteiger partial charge in [-0.3, -0.25) is 4.79 Å². The second-order valence-electron chi connectivity index (χ2n) is 5.84.